The average molecular weight is 281 g/mol. The molecule has 0 saturated carbocycles. The first-order valence-electron chi connectivity index (χ1n) is 7.03. The van der Waals surface area contributed by atoms with E-state index in [0.29, 0.717) is 19.7 Å². The van der Waals surface area contributed by atoms with E-state index in [-0.39, 0.29) is 24.2 Å². The highest BCUT2D eigenvalue weighted by Crippen LogP contribution is 2.20. The lowest BCUT2D eigenvalue weighted by Crippen LogP contribution is -2.55. The van der Waals surface area contributed by atoms with E-state index in [4.69, 9.17) is 4.74 Å². The minimum absolute atomic E-state index is 0.0141. The minimum atomic E-state index is -0.0141. The summed E-state index contributed by atoms with van der Waals surface area (Å²) in [5.74, 6) is 0. The molecule has 0 unspecified atom stereocenters. The van der Waals surface area contributed by atoms with E-state index in [0.717, 1.165) is 5.69 Å². The number of likely N-dealkylation sites (tertiary alicyclic amines) is 1. The lowest BCUT2D eigenvalue weighted by molar-refractivity contribution is 0.0634. The SMILES string of the molecule is CC(C)NC(=O)N1CC(n2cc(COC(C)C)nn2)C1. The molecule has 1 aliphatic rings. The highest BCUT2D eigenvalue weighted by molar-refractivity contribution is 5.75. The van der Waals surface area contributed by atoms with Crippen LogP contribution in [0.4, 0.5) is 4.79 Å². The normalized spacial score (nSPS) is 15.8. The predicted octanol–water partition coefficient (Wildman–Crippen LogP) is 1.18. The van der Waals surface area contributed by atoms with Crippen LogP contribution in [0.2, 0.25) is 0 Å². The zero-order valence-electron chi connectivity index (χ0n) is 12.5. The molecule has 112 valence electrons. The number of nitrogens with zero attached hydrogens (tertiary/aromatic N) is 4. The van der Waals surface area contributed by atoms with Crippen LogP contribution in [0.15, 0.2) is 6.20 Å². The summed E-state index contributed by atoms with van der Waals surface area (Å²) in [4.78, 5) is 13.5. The lowest BCUT2D eigenvalue weighted by Gasteiger charge is -2.39. The zero-order valence-corrected chi connectivity index (χ0v) is 12.5. The van der Waals surface area contributed by atoms with Crippen LogP contribution < -0.4 is 5.32 Å². The number of amides is 2. The molecule has 20 heavy (non-hydrogen) atoms. The molecule has 1 saturated heterocycles. The summed E-state index contributed by atoms with van der Waals surface area (Å²) >= 11 is 0. The molecule has 0 bridgehead atoms. The smallest absolute Gasteiger partial charge is 0.317 e. The number of hydrogen-bond donors (Lipinski definition) is 1. The Kier molecular flexibility index (Phi) is 4.59. The molecule has 0 spiro atoms. The third-order valence-corrected chi connectivity index (χ3v) is 3.06. The van der Waals surface area contributed by atoms with E-state index >= 15 is 0 Å². The van der Waals surface area contributed by atoms with Crippen LogP contribution in [0.5, 0.6) is 0 Å². The van der Waals surface area contributed by atoms with E-state index in [1.54, 1.807) is 4.90 Å². The van der Waals surface area contributed by atoms with E-state index in [1.165, 1.54) is 0 Å². The quantitative estimate of drug-likeness (QED) is 0.879. The molecule has 7 heteroatoms. The number of carbonyl (C=O) groups excluding carboxylic acids is 1. The van der Waals surface area contributed by atoms with Gasteiger partial charge in [-0.2, -0.15) is 0 Å². The zero-order chi connectivity index (χ0) is 14.7. The van der Waals surface area contributed by atoms with Crippen molar-refractivity contribution in [2.24, 2.45) is 0 Å². The van der Waals surface area contributed by atoms with Gasteiger partial charge in [0.1, 0.15) is 5.69 Å². The second kappa shape index (κ2) is 6.21. The Balaban J connectivity index is 1.79. The third-order valence-electron chi connectivity index (χ3n) is 3.06. The van der Waals surface area contributed by atoms with Gasteiger partial charge in [0.15, 0.2) is 0 Å². The molecule has 1 fully saturated rings. The van der Waals surface area contributed by atoms with Crippen molar-refractivity contribution in [3.8, 4) is 0 Å². The lowest BCUT2D eigenvalue weighted by atomic mass is 10.1. The van der Waals surface area contributed by atoms with E-state index in [2.05, 4.69) is 15.6 Å². The van der Waals surface area contributed by atoms with Gasteiger partial charge in [0.25, 0.3) is 0 Å². The molecule has 1 aromatic rings. The Hall–Kier alpha value is -1.63. The van der Waals surface area contributed by atoms with Gasteiger partial charge in [0.05, 0.1) is 24.9 Å². The Morgan fingerprint density at radius 2 is 2.15 bits per heavy atom. The van der Waals surface area contributed by atoms with Crippen molar-refractivity contribution in [2.45, 2.75) is 52.5 Å². The summed E-state index contributed by atoms with van der Waals surface area (Å²) in [5, 5.41) is 11.1. The van der Waals surface area contributed by atoms with Crippen molar-refractivity contribution in [2.75, 3.05) is 13.1 Å². The number of carbonyl (C=O) groups is 1. The second-order valence-corrected chi connectivity index (χ2v) is 5.71. The van der Waals surface area contributed by atoms with E-state index < -0.39 is 0 Å². The first-order chi connectivity index (χ1) is 9.45. The maximum Gasteiger partial charge on any atom is 0.317 e. The van der Waals surface area contributed by atoms with Gasteiger partial charge in [-0.1, -0.05) is 5.21 Å². The standard InChI is InChI=1S/C13H23N5O2/c1-9(2)14-13(19)17-6-12(7-17)18-5-11(15-16-18)8-20-10(3)4/h5,9-10,12H,6-8H2,1-4H3,(H,14,19). The summed E-state index contributed by atoms with van der Waals surface area (Å²) in [6.07, 6.45) is 2.07. The van der Waals surface area contributed by atoms with Crippen molar-refractivity contribution in [3.05, 3.63) is 11.9 Å². The van der Waals surface area contributed by atoms with Crippen LogP contribution in [-0.2, 0) is 11.3 Å². The van der Waals surface area contributed by atoms with Crippen LogP contribution in [0.1, 0.15) is 39.4 Å². The Morgan fingerprint density at radius 3 is 2.75 bits per heavy atom. The molecule has 2 rings (SSSR count). The fourth-order valence-corrected chi connectivity index (χ4v) is 1.94. The highest BCUT2D eigenvalue weighted by atomic mass is 16.5. The van der Waals surface area contributed by atoms with Crippen LogP contribution in [0, 0.1) is 0 Å². The van der Waals surface area contributed by atoms with Gasteiger partial charge < -0.3 is 15.0 Å². The number of aromatic nitrogens is 3. The monoisotopic (exact) mass is 281 g/mol. The third kappa shape index (κ3) is 3.69. The number of ether oxygens (including phenoxy) is 1. The molecule has 2 amide bonds. The topological polar surface area (TPSA) is 72.3 Å². The second-order valence-electron chi connectivity index (χ2n) is 5.71. The number of nitrogens with one attached hydrogen (secondary N) is 1. The first-order valence-corrected chi connectivity index (χ1v) is 7.03. The number of hydrogen-bond acceptors (Lipinski definition) is 4. The first kappa shape index (κ1) is 14.8. The fraction of sp³-hybridized carbons (Fsp3) is 0.769. The van der Waals surface area contributed by atoms with Crippen LogP contribution in [-0.4, -0.2) is 51.2 Å². The van der Waals surface area contributed by atoms with Crippen LogP contribution in [0.25, 0.3) is 0 Å². The molecule has 1 aromatic heterocycles. The summed E-state index contributed by atoms with van der Waals surface area (Å²) < 4.78 is 7.30. The molecule has 0 atom stereocenters. The van der Waals surface area contributed by atoms with E-state index in [9.17, 15) is 4.79 Å². The number of rotatable bonds is 5. The van der Waals surface area contributed by atoms with Crippen molar-refractivity contribution in [3.63, 3.8) is 0 Å². The summed E-state index contributed by atoms with van der Waals surface area (Å²) in [7, 11) is 0. The van der Waals surface area contributed by atoms with Crippen molar-refractivity contribution >= 4 is 6.03 Å². The highest BCUT2D eigenvalue weighted by Gasteiger charge is 2.32. The van der Waals surface area contributed by atoms with Gasteiger partial charge in [0.2, 0.25) is 0 Å². The Bertz CT molecular complexity index is 451. The Labute approximate surface area is 119 Å². The van der Waals surface area contributed by atoms with Crippen LogP contribution in [0.3, 0.4) is 0 Å². The van der Waals surface area contributed by atoms with E-state index in [1.807, 2.05) is 38.6 Å². The van der Waals surface area contributed by atoms with Crippen molar-refractivity contribution < 1.29 is 9.53 Å². The van der Waals surface area contributed by atoms with Crippen LogP contribution >= 0.6 is 0 Å². The summed E-state index contributed by atoms with van der Waals surface area (Å²) in [6.45, 7) is 9.70. The molecule has 0 aromatic carbocycles. The minimum Gasteiger partial charge on any atom is -0.372 e. The molecule has 1 N–H and O–H groups in total. The van der Waals surface area contributed by atoms with Crippen molar-refractivity contribution in [1.82, 2.24) is 25.2 Å². The Morgan fingerprint density at radius 1 is 1.45 bits per heavy atom. The molecule has 0 radical (unpaired) electrons. The van der Waals surface area contributed by atoms with Gasteiger partial charge in [-0.3, -0.25) is 0 Å². The molecular weight excluding hydrogens is 258 g/mol. The number of urea groups is 1. The van der Waals surface area contributed by atoms with Gasteiger partial charge in [0, 0.05) is 19.1 Å². The fourth-order valence-electron chi connectivity index (χ4n) is 1.94. The maximum absolute atomic E-state index is 11.7. The van der Waals surface area contributed by atoms with Gasteiger partial charge in [-0.25, -0.2) is 9.48 Å². The van der Waals surface area contributed by atoms with Crippen molar-refractivity contribution in [1.29, 1.82) is 0 Å². The largest absolute Gasteiger partial charge is 0.372 e. The van der Waals surface area contributed by atoms with Gasteiger partial charge >= 0.3 is 6.03 Å². The van der Waals surface area contributed by atoms with Gasteiger partial charge in [-0.05, 0) is 27.7 Å². The molecule has 7 nitrogen and oxygen atoms in total. The summed E-state index contributed by atoms with van der Waals surface area (Å²) in [6, 6.07) is 0.362. The summed E-state index contributed by atoms with van der Waals surface area (Å²) in [5.41, 5.74) is 0.823. The molecule has 0 aliphatic carbocycles. The molecule has 2 heterocycles. The molecular formula is C13H23N5O2. The molecule has 1 aliphatic heterocycles. The predicted molar refractivity (Wildman–Crippen MR) is 74.2 cm³/mol. The van der Waals surface area contributed by atoms with Gasteiger partial charge in [-0.15, -0.1) is 5.10 Å². The maximum atomic E-state index is 11.7. The average Bonchev–Trinajstić information content (AvgIpc) is 2.71.